The average Bonchev–Trinajstić information content (AvgIpc) is 3.03. The molecule has 0 aliphatic rings. The van der Waals surface area contributed by atoms with Crippen LogP contribution in [0.5, 0.6) is 0 Å². The van der Waals surface area contributed by atoms with E-state index in [-0.39, 0.29) is 6.04 Å². The van der Waals surface area contributed by atoms with Crippen molar-refractivity contribution >= 4 is 12.1 Å². The van der Waals surface area contributed by atoms with E-state index < -0.39 is 6.09 Å². The van der Waals surface area contributed by atoms with Crippen LogP contribution in [0.1, 0.15) is 58.4 Å². The number of carbonyl (C=O) groups excluding carboxylic acids is 1. The molecular formula is C18H33N5O3. The average molecular weight is 367 g/mol. The molecule has 0 aliphatic carbocycles. The zero-order chi connectivity index (χ0) is 19.5. The monoisotopic (exact) mass is 367 g/mol. The molecular weight excluding hydrogens is 334 g/mol. The molecule has 8 nitrogen and oxygen atoms in total. The van der Waals surface area contributed by atoms with Crippen LogP contribution in [0.3, 0.4) is 0 Å². The standard InChI is InChI=1S/C18H33N5O3/c1-7-25-18(24)22-14(8-12(2)3)10-20-17(19-6)21-11-15-9-16(13(4)5)23-26-15/h9,12-14H,7-8,10-11H2,1-6H3,(H,22,24)(H2,19,20,21). The SMILES string of the molecule is CCOC(=O)NC(CNC(=NC)NCc1cc(C(C)C)no1)CC(C)C. The van der Waals surface area contributed by atoms with Gasteiger partial charge in [0.05, 0.1) is 18.8 Å². The highest BCUT2D eigenvalue weighted by Gasteiger charge is 2.15. The Hall–Kier alpha value is -2.25. The van der Waals surface area contributed by atoms with Crippen LogP contribution in [-0.4, -0.2) is 43.5 Å². The summed E-state index contributed by atoms with van der Waals surface area (Å²) in [6.07, 6.45) is 0.439. The minimum atomic E-state index is -0.397. The lowest BCUT2D eigenvalue weighted by molar-refractivity contribution is 0.146. The molecule has 0 bridgehead atoms. The Bertz CT molecular complexity index is 569. The number of nitrogens with zero attached hydrogens (tertiary/aromatic N) is 2. The maximum atomic E-state index is 11.7. The van der Waals surface area contributed by atoms with Crippen LogP contribution in [0.4, 0.5) is 4.79 Å². The Labute approximate surface area is 156 Å². The molecule has 0 saturated heterocycles. The zero-order valence-corrected chi connectivity index (χ0v) is 16.8. The summed E-state index contributed by atoms with van der Waals surface area (Å²) in [7, 11) is 1.70. The van der Waals surface area contributed by atoms with Crippen molar-refractivity contribution in [2.75, 3.05) is 20.2 Å². The predicted octanol–water partition coefficient (Wildman–Crippen LogP) is 2.62. The number of alkyl carbamates (subject to hydrolysis) is 1. The third kappa shape index (κ3) is 8.22. The van der Waals surface area contributed by atoms with Crippen molar-refractivity contribution in [2.45, 2.75) is 59.5 Å². The van der Waals surface area contributed by atoms with Crippen molar-refractivity contribution in [1.29, 1.82) is 0 Å². The van der Waals surface area contributed by atoms with Gasteiger partial charge in [0, 0.05) is 25.7 Å². The molecule has 0 fully saturated rings. The highest BCUT2D eigenvalue weighted by molar-refractivity contribution is 5.79. The highest BCUT2D eigenvalue weighted by atomic mass is 16.5. The number of hydrogen-bond donors (Lipinski definition) is 3. The third-order valence-electron chi connectivity index (χ3n) is 3.69. The molecule has 0 spiro atoms. The van der Waals surface area contributed by atoms with Crippen LogP contribution in [-0.2, 0) is 11.3 Å². The van der Waals surface area contributed by atoms with Crippen LogP contribution in [0.2, 0.25) is 0 Å². The number of aromatic nitrogens is 1. The van der Waals surface area contributed by atoms with Gasteiger partial charge in [0.2, 0.25) is 0 Å². The molecule has 0 aliphatic heterocycles. The fourth-order valence-electron chi connectivity index (χ4n) is 2.40. The van der Waals surface area contributed by atoms with Crippen LogP contribution in [0.25, 0.3) is 0 Å². The molecule has 1 aromatic heterocycles. The molecule has 1 aromatic rings. The largest absolute Gasteiger partial charge is 0.450 e. The van der Waals surface area contributed by atoms with Crippen molar-refractivity contribution in [3.8, 4) is 0 Å². The van der Waals surface area contributed by atoms with E-state index in [4.69, 9.17) is 9.26 Å². The summed E-state index contributed by atoms with van der Waals surface area (Å²) in [4.78, 5) is 15.9. The highest BCUT2D eigenvalue weighted by Crippen LogP contribution is 2.13. The fourth-order valence-corrected chi connectivity index (χ4v) is 2.40. The Kier molecular flexibility index (Phi) is 9.54. The lowest BCUT2D eigenvalue weighted by Gasteiger charge is -2.22. The van der Waals surface area contributed by atoms with Gasteiger partial charge in [-0.25, -0.2) is 4.79 Å². The smallest absolute Gasteiger partial charge is 0.407 e. The Morgan fingerprint density at radius 3 is 2.58 bits per heavy atom. The van der Waals surface area contributed by atoms with Gasteiger partial charge in [-0.2, -0.15) is 0 Å². The Morgan fingerprint density at radius 2 is 2.04 bits per heavy atom. The number of hydrogen-bond acceptors (Lipinski definition) is 5. The first kappa shape index (κ1) is 21.8. The van der Waals surface area contributed by atoms with Crippen molar-refractivity contribution in [2.24, 2.45) is 10.9 Å². The quantitative estimate of drug-likeness (QED) is 0.458. The Balaban J connectivity index is 2.51. The van der Waals surface area contributed by atoms with Gasteiger partial charge in [-0.1, -0.05) is 32.9 Å². The first-order valence-electron chi connectivity index (χ1n) is 9.18. The first-order valence-corrected chi connectivity index (χ1v) is 9.18. The lowest BCUT2D eigenvalue weighted by atomic mass is 10.0. The molecule has 1 heterocycles. The molecule has 26 heavy (non-hydrogen) atoms. The summed E-state index contributed by atoms with van der Waals surface area (Å²) in [6, 6.07) is 1.89. The summed E-state index contributed by atoms with van der Waals surface area (Å²) in [6.45, 7) is 11.5. The van der Waals surface area contributed by atoms with E-state index in [0.29, 0.717) is 37.5 Å². The minimum absolute atomic E-state index is 0.0505. The molecule has 1 amide bonds. The topological polar surface area (TPSA) is 101 Å². The molecule has 1 unspecified atom stereocenters. The van der Waals surface area contributed by atoms with Gasteiger partial charge in [-0.3, -0.25) is 4.99 Å². The second-order valence-corrected chi connectivity index (χ2v) is 6.87. The number of ether oxygens (including phenoxy) is 1. The molecule has 1 atom stereocenters. The molecule has 1 rings (SSSR count). The number of nitrogens with one attached hydrogen (secondary N) is 3. The molecule has 0 saturated carbocycles. The van der Waals surface area contributed by atoms with Crippen molar-refractivity contribution in [3.63, 3.8) is 0 Å². The van der Waals surface area contributed by atoms with Gasteiger partial charge in [-0.05, 0) is 25.2 Å². The maximum absolute atomic E-state index is 11.7. The number of aliphatic imine (C=N–C) groups is 1. The first-order chi connectivity index (χ1) is 12.3. The van der Waals surface area contributed by atoms with Gasteiger partial charge in [0.15, 0.2) is 11.7 Å². The van der Waals surface area contributed by atoms with Crippen LogP contribution in [0.15, 0.2) is 15.6 Å². The molecule has 3 N–H and O–H groups in total. The summed E-state index contributed by atoms with van der Waals surface area (Å²) in [5.74, 6) is 2.16. The normalized spacial score (nSPS) is 13.0. The van der Waals surface area contributed by atoms with Crippen LogP contribution >= 0.6 is 0 Å². The Morgan fingerprint density at radius 1 is 1.31 bits per heavy atom. The zero-order valence-electron chi connectivity index (χ0n) is 16.8. The fraction of sp³-hybridized carbons (Fsp3) is 0.722. The van der Waals surface area contributed by atoms with Gasteiger partial charge in [0.25, 0.3) is 0 Å². The van der Waals surface area contributed by atoms with Crippen molar-refractivity contribution in [1.82, 2.24) is 21.1 Å². The van der Waals surface area contributed by atoms with Crippen LogP contribution < -0.4 is 16.0 Å². The number of amides is 1. The van der Waals surface area contributed by atoms with E-state index in [1.165, 1.54) is 0 Å². The second-order valence-electron chi connectivity index (χ2n) is 6.87. The third-order valence-corrected chi connectivity index (χ3v) is 3.69. The summed E-state index contributed by atoms with van der Waals surface area (Å²) in [5.41, 5.74) is 0.931. The number of rotatable bonds is 9. The molecule has 0 radical (unpaired) electrons. The lowest BCUT2D eigenvalue weighted by Crippen LogP contribution is -2.47. The van der Waals surface area contributed by atoms with E-state index in [9.17, 15) is 4.79 Å². The van der Waals surface area contributed by atoms with E-state index >= 15 is 0 Å². The number of carbonyl (C=O) groups is 1. The van der Waals surface area contributed by atoms with E-state index in [1.807, 2.05) is 6.07 Å². The molecule has 0 aromatic carbocycles. The molecule has 8 heteroatoms. The summed E-state index contributed by atoms with van der Waals surface area (Å²) >= 11 is 0. The van der Waals surface area contributed by atoms with E-state index in [2.05, 4.69) is 53.8 Å². The summed E-state index contributed by atoms with van der Waals surface area (Å²) in [5, 5.41) is 13.3. The van der Waals surface area contributed by atoms with Crippen molar-refractivity contribution in [3.05, 3.63) is 17.5 Å². The molecule has 148 valence electrons. The van der Waals surface area contributed by atoms with Crippen molar-refractivity contribution < 1.29 is 14.1 Å². The van der Waals surface area contributed by atoms with E-state index in [1.54, 1.807) is 14.0 Å². The van der Waals surface area contributed by atoms with Gasteiger partial charge >= 0.3 is 6.09 Å². The summed E-state index contributed by atoms with van der Waals surface area (Å²) < 4.78 is 10.3. The predicted molar refractivity (Wildman–Crippen MR) is 102 cm³/mol. The number of guanidine groups is 1. The second kappa shape index (κ2) is 11.4. The van der Waals surface area contributed by atoms with E-state index in [0.717, 1.165) is 17.9 Å². The minimum Gasteiger partial charge on any atom is -0.450 e. The van der Waals surface area contributed by atoms with Crippen LogP contribution in [0, 0.1) is 5.92 Å². The van der Waals surface area contributed by atoms with Gasteiger partial charge < -0.3 is 25.2 Å². The van der Waals surface area contributed by atoms with Gasteiger partial charge in [-0.15, -0.1) is 0 Å². The maximum Gasteiger partial charge on any atom is 0.407 e. The van der Waals surface area contributed by atoms with Gasteiger partial charge in [0.1, 0.15) is 0 Å².